The molecular weight excluding hydrogens is 410 g/mol. The Morgan fingerprint density at radius 3 is 1.94 bits per heavy atom. The van der Waals surface area contributed by atoms with Crippen LogP contribution in [0.25, 0.3) is 28.1 Å². The van der Waals surface area contributed by atoms with Gasteiger partial charge in [-0.05, 0) is 63.6 Å². The van der Waals surface area contributed by atoms with Crippen LogP contribution in [-0.4, -0.2) is 4.98 Å². The first-order chi connectivity index (χ1) is 16.1. The molecule has 34 heavy (non-hydrogen) atoms. The molecule has 1 heteroatoms. The van der Waals surface area contributed by atoms with E-state index in [-0.39, 0.29) is 16.2 Å². The largest absolute Gasteiger partial charge is 0.358 e. The zero-order valence-corrected chi connectivity index (χ0v) is 21.3. The molecule has 0 aliphatic heterocycles. The van der Waals surface area contributed by atoms with Gasteiger partial charge in [0.2, 0.25) is 0 Å². The van der Waals surface area contributed by atoms with E-state index in [4.69, 9.17) is 0 Å². The van der Waals surface area contributed by atoms with Crippen molar-refractivity contribution in [3.05, 3.63) is 100 Å². The molecule has 0 spiro atoms. The molecule has 1 nitrogen and oxygen atoms in total. The Morgan fingerprint density at radius 2 is 1.35 bits per heavy atom. The van der Waals surface area contributed by atoms with Crippen molar-refractivity contribution in [3.63, 3.8) is 0 Å². The van der Waals surface area contributed by atoms with Crippen molar-refractivity contribution in [1.82, 2.24) is 4.98 Å². The Bertz CT molecular complexity index is 1420. The van der Waals surface area contributed by atoms with Crippen LogP contribution in [0.3, 0.4) is 0 Å². The molecule has 172 valence electrons. The third-order valence-electron chi connectivity index (χ3n) is 8.31. The minimum atomic E-state index is -0.136. The third kappa shape index (κ3) is 2.79. The smallest absolute Gasteiger partial charge is 0.0475 e. The van der Waals surface area contributed by atoms with Crippen molar-refractivity contribution in [2.75, 3.05) is 0 Å². The van der Waals surface area contributed by atoms with Crippen molar-refractivity contribution in [3.8, 4) is 11.1 Å². The molecule has 2 aliphatic rings. The first-order valence-electron chi connectivity index (χ1n) is 12.7. The summed E-state index contributed by atoms with van der Waals surface area (Å²) < 4.78 is 0. The highest BCUT2D eigenvalue weighted by Crippen LogP contribution is 2.62. The minimum absolute atomic E-state index is 0.0295. The number of allylic oxidation sites excluding steroid dienone is 1. The number of hydrogen-bond acceptors (Lipinski definition) is 0. The molecule has 0 saturated heterocycles. The van der Waals surface area contributed by atoms with Crippen molar-refractivity contribution in [2.24, 2.45) is 5.41 Å². The van der Waals surface area contributed by atoms with Crippen LogP contribution in [-0.2, 0) is 17.3 Å². The van der Waals surface area contributed by atoms with Gasteiger partial charge in [0.25, 0.3) is 0 Å². The fourth-order valence-corrected chi connectivity index (χ4v) is 6.77. The molecule has 3 aromatic carbocycles. The van der Waals surface area contributed by atoms with E-state index in [0.29, 0.717) is 0 Å². The van der Waals surface area contributed by atoms with E-state index in [9.17, 15) is 0 Å². The van der Waals surface area contributed by atoms with Crippen LogP contribution in [0, 0.1) is 5.41 Å². The maximum atomic E-state index is 3.75. The van der Waals surface area contributed by atoms with Crippen LogP contribution in [0.4, 0.5) is 0 Å². The van der Waals surface area contributed by atoms with Crippen molar-refractivity contribution >= 4 is 17.0 Å². The monoisotopic (exact) mass is 445 g/mol. The lowest BCUT2D eigenvalue weighted by molar-refractivity contribution is 0.268. The van der Waals surface area contributed by atoms with Gasteiger partial charge in [-0.2, -0.15) is 0 Å². The van der Waals surface area contributed by atoms with Gasteiger partial charge in [-0.3, -0.25) is 0 Å². The van der Waals surface area contributed by atoms with E-state index in [1.807, 2.05) is 0 Å². The predicted molar refractivity (Wildman–Crippen MR) is 145 cm³/mol. The first kappa shape index (κ1) is 21.5. The highest BCUT2D eigenvalue weighted by Gasteiger charge is 2.53. The summed E-state index contributed by atoms with van der Waals surface area (Å²) in [5.74, 6) is 0. The lowest BCUT2D eigenvalue weighted by atomic mass is 9.56. The van der Waals surface area contributed by atoms with E-state index in [2.05, 4.69) is 119 Å². The third-order valence-corrected chi connectivity index (χ3v) is 8.31. The van der Waals surface area contributed by atoms with Crippen LogP contribution in [0.5, 0.6) is 0 Å². The molecular formula is C33H35N. The molecule has 0 amide bonds. The number of rotatable bonds is 1. The number of aromatic amines is 1. The number of aromatic nitrogens is 1. The molecule has 2 aliphatic carbocycles. The molecule has 0 saturated carbocycles. The number of hydrogen-bond donors (Lipinski definition) is 1. The molecule has 0 atom stereocenters. The second-order valence-corrected chi connectivity index (χ2v) is 12.3. The van der Waals surface area contributed by atoms with Crippen LogP contribution >= 0.6 is 0 Å². The van der Waals surface area contributed by atoms with Gasteiger partial charge in [0.05, 0.1) is 0 Å². The number of H-pyrrole nitrogens is 1. The maximum absolute atomic E-state index is 3.75. The summed E-state index contributed by atoms with van der Waals surface area (Å²) in [6, 6.07) is 25.2. The van der Waals surface area contributed by atoms with Crippen molar-refractivity contribution in [2.45, 2.75) is 65.2 Å². The highest BCUT2D eigenvalue weighted by molar-refractivity contribution is 5.94. The van der Waals surface area contributed by atoms with Gasteiger partial charge in [0, 0.05) is 27.6 Å². The number of benzene rings is 3. The molecule has 0 fully saturated rings. The summed E-state index contributed by atoms with van der Waals surface area (Å²) in [6.07, 6.45) is 4.68. The van der Waals surface area contributed by atoms with Gasteiger partial charge in [-0.1, -0.05) is 108 Å². The maximum Gasteiger partial charge on any atom is 0.0475 e. The van der Waals surface area contributed by atoms with Gasteiger partial charge >= 0.3 is 0 Å². The average molecular weight is 446 g/mol. The fraction of sp³-hybridized carbons (Fsp3) is 0.333. The highest BCUT2D eigenvalue weighted by atomic mass is 14.7. The number of fused-ring (bicyclic) bond motifs is 6. The van der Waals surface area contributed by atoms with Gasteiger partial charge in [-0.15, -0.1) is 0 Å². The Morgan fingerprint density at radius 1 is 0.735 bits per heavy atom. The predicted octanol–water partition coefficient (Wildman–Crippen LogP) is 8.81. The average Bonchev–Trinajstić information content (AvgIpc) is 3.31. The lowest BCUT2D eigenvalue weighted by Crippen LogP contribution is -2.42. The summed E-state index contributed by atoms with van der Waals surface area (Å²) in [5, 5.41) is 1.36. The van der Waals surface area contributed by atoms with Crippen LogP contribution in [0.2, 0.25) is 0 Å². The lowest BCUT2D eigenvalue weighted by Gasteiger charge is -2.47. The van der Waals surface area contributed by atoms with E-state index in [1.165, 1.54) is 50.0 Å². The molecule has 0 bridgehead atoms. The second-order valence-electron chi connectivity index (χ2n) is 12.3. The van der Waals surface area contributed by atoms with Gasteiger partial charge < -0.3 is 4.98 Å². The summed E-state index contributed by atoms with van der Waals surface area (Å²) in [7, 11) is 0. The number of nitrogens with one attached hydrogen (secondary N) is 1. The summed E-state index contributed by atoms with van der Waals surface area (Å²) >= 11 is 0. The topological polar surface area (TPSA) is 15.8 Å². The van der Waals surface area contributed by atoms with Crippen LogP contribution in [0.1, 0.15) is 75.9 Å². The normalized spacial score (nSPS) is 16.7. The van der Waals surface area contributed by atoms with E-state index >= 15 is 0 Å². The van der Waals surface area contributed by atoms with Crippen molar-refractivity contribution in [1.29, 1.82) is 0 Å². The fourth-order valence-electron chi connectivity index (χ4n) is 6.77. The van der Waals surface area contributed by atoms with Crippen LogP contribution < -0.4 is 0 Å². The van der Waals surface area contributed by atoms with E-state index in [1.54, 1.807) is 5.57 Å². The van der Waals surface area contributed by atoms with E-state index < -0.39 is 0 Å². The summed E-state index contributed by atoms with van der Waals surface area (Å²) in [4.78, 5) is 3.75. The number of aryl methyl sites for hydroxylation is 1. The zero-order valence-electron chi connectivity index (χ0n) is 21.3. The van der Waals surface area contributed by atoms with Gasteiger partial charge in [0.15, 0.2) is 0 Å². The van der Waals surface area contributed by atoms with Gasteiger partial charge in [0.1, 0.15) is 0 Å². The molecule has 1 aromatic heterocycles. The van der Waals surface area contributed by atoms with Gasteiger partial charge in [-0.25, -0.2) is 0 Å². The second kappa shape index (κ2) is 6.98. The van der Waals surface area contributed by atoms with Crippen LogP contribution in [0.15, 0.2) is 72.3 Å². The molecule has 0 radical (unpaired) electrons. The first-order valence-corrected chi connectivity index (χ1v) is 12.7. The molecule has 1 N–H and O–H groups in total. The Balaban J connectivity index is 1.66. The SMILES string of the molecule is CC(C)(C)c1ccc2[nH]c3c(c2c1)C=C(C1(C(C)(C)C)c2ccccc2-c2ccccc21)CC3. The molecule has 1 heterocycles. The molecule has 4 aromatic rings. The summed E-state index contributed by atoms with van der Waals surface area (Å²) in [6.45, 7) is 14.2. The standard InChI is InChI=1S/C33H35N/c1-31(2,3)21-15-17-29-25(19-21)26-20-22(16-18-30(26)34-29)33(32(4,5)6)27-13-9-7-11-23(27)24-12-8-10-14-28(24)33/h7-15,17,19-20,34H,16,18H2,1-6H3. The summed E-state index contributed by atoms with van der Waals surface area (Å²) in [5.41, 5.74) is 12.7. The Hall–Kier alpha value is -3.06. The quantitative estimate of drug-likeness (QED) is 0.301. The Kier molecular flexibility index (Phi) is 4.41. The Labute approximate surface area is 203 Å². The molecule has 6 rings (SSSR count). The van der Waals surface area contributed by atoms with E-state index in [0.717, 1.165) is 12.8 Å². The molecule has 0 unspecified atom stereocenters. The zero-order chi connectivity index (χ0) is 23.9. The minimum Gasteiger partial charge on any atom is -0.358 e. The van der Waals surface area contributed by atoms with Crippen molar-refractivity contribution < 1.29 is 0 Å².